The Morgan fingerprint density at radius 1 is 1.07 bits per heavy atom. The number of fused-ring (bicyclic) bond motifs is 1. The predicted molar refractivity (Wildman–Crippen MR) is 91.8 cm³/mol. The van der Waals surface area contributed by atoms with Gasteiger partial charge in [0, 0.05) is 16.8 Å². The number of phenolic OH excluding ortho intramolecular Hbond substituents is 1. The number of nitro benzene ring substituents is 1. The molecule has 0 fully saturated rings. The number of carboxylic acid groups (broad SMARTS) is 1. The normalized spacial score (nSPS) is 11.4. The first-order chi connectivity index (χ1) is 12.4. The lowest BCUT2D eigenvalue weighted by atomic mass is 9.97. The predicted octanol–water partition coefficient (Wildman–Crippen LogP) is 2.65. The molecule has 0 saturated heterocycles. The van der Waals surface area contributed by atoms with Crippen LogP contribution in [0.4, 0.5) is 5.69 Å². The first-order valence-corrected chi connectivity index (χ1v) is 7.64. The van der Waals surface area contributed by atoms with Crippen molar-refractivity contribution in [2.75, 3.05) is 0 Å². The van der Waals surface area contributed by atoms with Crippen molar-refractivity contribution in [1.29, 1.82) is 0 Å². The molecule has 0 aliphatic carbocycles. The fourth-order valence-corrected chi connectivity index (χ4v) is 2.37. The van der Waals surface area contributed by atoms with Gasteiger partial charge in [0.1, 0.15) is 17.9 Å². The minimum atomic E-state index is -1.73. The fourth-order valence-electron chi connectivity index (χ4n) is 2.37. The molecule has 0 bridgehead atoms. The van der Waals surface area contributed by atoms with E-state index < -0.39 is 57.4 Å². The van der Waals surface area contributed by atoms with E-state index in [9.17, 15) is 35.0 Å². The van der Waals surface area contributed by atoms with Gasteiger partial charge in [0.2, 0.25) is 0 Å². The number of carbonyl (C=O) groups excluding carboxylic acids is 1. The van der Waals surface area contributed by atoms with Gasteiger partial charge in [-0.2, -0.15) is 0 Å². The van der Waals surface area contributed by atoms with Crippen LogP contribution in [0.25, 0.3) is 10.8 Å². The fraction of sp³-hybridized carbons (Fsp3) is 0.294. The van der Waals surface area contributed by atoms with Gasteiger partial charge in [0.05, 0.1) is 15.9 Å². The molecular weight excluding hydrogens is 362 g/mol. The number of hydrogen-bond acceptors (Lipinski definition) is 8. The number of rotatable bonds is 4. The number of benzene rings is 2. The number of ether oxygens (including phenoxy) is 1. The van der Waals surface area contributed by atoms with E-state index in [0.717, 1.165) is 12.1 Å². The Bertz CT molecular complexity index is 973. The molecule has 0 radical (unpaired) electrons. The molecule has 2 rings (SSSR count). The Morgan fingerprint density at radius 3 is 2.11 bits per heavy atom. The second kappa shape index (κ2) is 6.63. The van der Waals surface area contributed by atoms with Crippen LogP contribution < -0.4 is 0 Å². The summed E-state index contributed by atoms with van der Waals surface area (Å²) >= 11 is 0. The number of carbonyl (C=O) groups is 2. The van der Waals surface area contributed by atoms with Crippen LogP contribution in [0.3, 0.4) is 0 Å². The van der Waals surface area contributed by atoms with E-state index in [1.165, 1.54) is 0 Å². The van der Waals surface area contributed by atoms with Crippen molar-refractivity contribution in [3.63, 3.8) is 0 Å². The maximum absolute atomic E-state index is 11.9. The molecule has 0 aromatic heterocycles. The van der Waals surface area contributed by atoms with Crippen LogP contribution in [0.2, 0.25) is 0 Å². The molecule has 27 heavy (non-hydrogen) atoms. The third kappa shape index (κ3) is 3.54. The van der Waals surface area contributed by atoms with Crippen LogP contribution in [0.5, 0.6) is 17.2 Å². The zero-order chi connectivity index (χ0) is 20.7. The topological polar surface area (TPSA) is 167 Å². The second-order valence-electron chi connectivity index (χ2n) is 6.84. The minimum Gasteiger partial charge on any atom is -0.506 e. The third-order valence-corrected chi connectivity index (χ3v) is 3.81. The van der Waals surface area contributed by atoms with E-state index in [1.54, 1.807) is 20.8 Å². The van der Waals surface area contributed by atoms with Crippen LogP contribution in [0.15, 0.2) is 12.1 Å². The highest BCUT2D eigenvalue weighted by Crippen LogP contribution is 2.45. The molecule has 0 amide bonds. The molecule has 0 saturated carbocycles. The van der Waals surface area contributed by atoms with E-state index in [1.807, 2.05) is 0 Å². The van der Waals surface area contributed by atoms with Crippen molar-refractivity contribution in [2.24, 2.45) is 5.41 Å². The molecule has 0 atom stereocenters. The average Bonchev–Trinajstić information content (AvgIpc) is 2.55. The molecule has 2 aromatic rings. The first kappa shape index (κ1) is 19.8. The number of nitro groups is 1. The van der Waals surface area contributed by atoms with Gasteiger partial charge in [-0.25, -0.2) is 4.79 Å². The van der Waals surface area contributed by atoms with Gasteiger partial charge in [0.25, 0.3) is 5.69 Å². The highest BCUT2D eigenvalue weighted by atomic mass is 16.6. The highest BCUT2D eigenvalue weighted by Gasteiger charge is 2.28. The number of phenols is 3. The molecule has 0 unspecified atom stereocenters. The largest absolute Gasteiger partial charge is 0.506 e. The summed E-state index contributed by atoms with van der Waals surface area (Å²) in [5.41, 5.74) is -2.50. The van der Waals surface area contributed by atoms with Crippen molar-refractivity contribution in [2.45, 2.75) is 27.4 Å². The lowest BCUT2D eigenvalue weighted by Gasteiger charge is -2.17. The van der Waals surface area contributed by atoms with E-state index in [0.29, 0.717) is 0 Å². The Morgan fingerprint density at radius 2 is 1.63 bits per heavy atom. The molecule has 10 nitrogen and oxygen atoms in total. The van der Waals surface area contributed by atoms with Crippen LogP contribution in [-0.2, 0) is 16.1 Å². The Hall–Kier alpha value is -3.56. The molecular formula is C17H17NO9. The quantitative estimate of drug-likeness (QED) is 0.205. The number of aromatic hydroxyl groups is 3. The maximum Gasteiger partial charge on any atom is 0.343 e. The van der Waals surface area contributed by atoms with Crippen molar-refractivity contribution in [1.82, 2.24) is 0 Å². The molecule has 0 spiro atoms. The SMILES string of the molecule is CC(C)(C)C(=O)OCc1cc2c(O)c(O)c(C(=O)O)c(O)c2cc1[N+](=O)[O-]. The smallest absolute Gasteiger partial charge is 0.343 e. The van der Waals surface area contributed by atoms with Crippen LogP contribution in [-0.4, -0.2) is 37.3 Å². The lowest BCUT2D eigenvalue weighted by molar-refractivity contribution is -0.385. The summed E-state index contributed by atoms with van der Waals surface area (Å²) < 4.78 is 5.05. The third-order valence-electron chi connectivity index (χ3n) is 3.81. The van der Waals surface area contributed by atoms with Crippen LogP contribution >= 0.6 is 0 Å². The van der Waals surface area contributed by atoms with Gasteiger partial charge in [-0.15, -0.1) is 0 Å². The number of aromatic carboxylic acids is 1. The van der Waals surface area contributed by atoms with Crippen molar-refractivity contribution >= 4 is 28.4 Å². The van der Waals surface area contributed by atoms with Gasteiger partial charge in [-0.05, 0) is 26.8 Å². The Labute approximate surface area is 152 Å². The van der Waals surface area contributed by atoms with Gasteiger partial charge in [0.15, 0.2) is 11.5 Å². The molecule has 4 N–H and O–H groups in total. The maximum atomic E-state index is 11.9. The summed E-state index contributed by atoms with van der Waals surface area (Å²) in [4.78, 5) is 33.6. The summed E-state index contributed by atoms with van der Waals surface area (Å²) in [5.74, 6) is -5.24. The second-order valence-corrected chi connectivity index (χ2v) is 6.84. The van der Waals surface area contributed by atoms with Crippen molar-refractivity contribution in [3.05, 3.63) is 33.4 Å². The molecule has 0 aliphatic heterocycles. The van der Waals surface area contributed by atoms with Crippen molar-refractivity contribution < 1.29 is 39.7 Å². The number of hydrogen-bond donors (Lipinski definition) is 4. The zero-order valence-corrected chi connectivity index (χ0v) is 14.6. The number of carboxylic acids is 1. The average molecular weight is 379 g/mol. The Balaban J connectivity index is 2.69. The van der Waals surface area contributed by atoms with Crippen LogP contribution in [0.1, 0.15) is 36.7 Å². The van der Waals surface area contributed by atoms with E-state index in [2.05, 4.69) is 0 Å². The monoisotopic (exact) mass is 379 g/mol. The zero-order valence-electron chi connectivity index (χ0n) is 14.6. The van der Waals surface area contributed by atoms with E-state index >= 15 is 0 Å². The lowest BCUT2D eigenvalue weighted by Crippen LogP contribution is -2.22. The minimum absolute atomic E-state index is 0.109. The van der Waals surface area contributed by atoms with Crippen LogP contribution in [0, 0.1) is 15.5 Å². The summed E-state index contributed by atoms with van der Waals surface area (Å²) in [6, 6.07) is 1.89. The highest BCUT2D eigenvalue weighted by molar-refractivity contribution is 6.07. The molecule has 0 heterocycles. The summed E-state index contributed by atoms with van der Waals surface area (Å²) in [5, 5.41) is 49.8. The van der Waals surface area contributed by atoms with Gasteiger partial charge < -0.3 is 25.2 Å². The Kier molecular flexibility index (Phi) is 4.85. The molecule has 0 aliphatic rings. The summed E-state index contributed by atoms with van der Waals surface area (Å²) in [6.07, 6.45) is 0. The van der Waals surface area contributed by atoms with Gasteiger partial charge in [-0.3, -0.25) is 14.9 Å². The summed E-state index contributed by atoms with van der Waals surface area (Å²) in [6.45, 7) is 4.29. The first-order valence-electron chi connectivity index (χ1n) is 7.64. The van der Waals surface area contributed by atoms with E-state index in [4.69, 9.17) is 9.84 Å². The number of esters is 1. The standard InChI is InChI=1S/C17H17NO9/c1-17(2,3)16(24)27-6-7-4-8-9(5-10(7)18(25)26)12(19)11(15(22)23)14(21)13(8)20/h4-5,19-21H,6H2,1-3H3,(H,22,23). The molecule has 2 aromatic carbocycles. The van der Waals surface area contributed by atoms with Gasteiger partial charge in [-0.1, -0.05) is 0 Å². The summed E-state index contributed by atoms with van der Waals surface area (Å²) in [7, 11) is 0. The van der Waals surface area contributed by atoms with Crippen molar-refractivity contribution in [3.8, 4) is 17.2 Å². The molecule has 10 heteroatoms. The number of nitrogens with zero attached hydrogens (tertiary/aromatic N) is 1. The molecule has 144 valence electrons. The van der Waals surface area contributed by atoms with E-state index in [-0.39, 0.29) is 16.3 Å². The van der Waals surface area contributed by atoms with Gasteiger partial charge >= 0.3 is 11.9 Å².